The van der Waals surface area contributed by atoms with E-state index in [0.29, 0.717) is 18.5 Å². The maximum atomic E-state index is 5.91. The zero-order valence-electron chi connectivity index (χ0n) is 13.6. The third-order valence-corrected chi connectivity index (χ3v) is 4.72. The Labute approximate surface area is 127 Å². The number of hydrogen-bond acceptors (Lipinski definition) is 5. The van der Waals surface area contributed by atoms with Gasteiger partial charge < -0.3 is 14.6 Å². The quantitative estimate of drug-likeness (QED) is 0.927. The van der Waals surface area contributed by atoms with Gasteiger partial charge in [-0.1, -0.05) is 17.9 Å². The van der Waals surface area contributed by atoms with Crippen LogP contribution < -0.4 is 10.2 Å². The third kappa shape index (κ3) is 3.57. The Morgan fingerprint density at radius 3 is 2.71 bits per heavy atom. The van der Waals surface area contributed by atoms with Crippen molar-refractivity contribution in [2.24, 2.45) is 5.92 Å². The van der Waals surface area contributed by atoms with Crippen LogP contribution in [-0.4, -0.2) is 28.3 Å². The third-order valence-electron chi connectivity index (χ3n) is 4.72. The van der Waals surface area contributed by atoms with Crippen LogP contribution in [-0.2, 0) is 6.54 Å². The van der Waals surface area contributed by atoms with Gasteiger partial charge in [0, 0.05) is 18.1 Å². The minimum Gasteiger partial charge on any atom is -0.407 e. The number of hydrogen-bond donors (Lipinski definition) is 1. The van der Waals surface area contributed by atoms with Gasteiger partial charge in [0.25, 0.3) is 0 Å². The summed E-state index contributed by atoms with van der Waals surface area (Å²) in [6.07, 6.45) is 7.99. The van der Waals surface area contributed by atoms with Crippen LogP contribution in [0.1, 0.15) is 65.2 Å². The molecule has 3 rings (SSSR count). The van der Waals surface area contributed by atoms with Crippen LogP contribution in [0.3, 0.4) is 0 Å². The molecule has 1 aliphatic carbocycles. The fraction of sp³-hybridized carbons (Fsp3) is 0.875. The molecule has 5 nitrogen and oxygen atoms in total. The van der Waals surface area contributed by atoms with Crippen molar-refractivity contribution >= 4 is 6.01 Å². The molecular weight excluding hydrogens is 264 g/mol. The van der Waals surface area contributed by atoms with Crippen LogP contribution in [0.2, 0.25) is 0 Å². The predicted molar refractivity (Wildman–Crippen MR) is 83.2 cm³/mol. The Balaban J connectivity index is 1.67. The van der Waals surface area contributed by atoms with E-state index in [1.54, 1.807) is 0 Å². The van der Waals surface area contributed by atoms with Gasteiger partial charge in [0.05, 0.1) is 6.54 Å². The minimum absolute atomic E-state index is 0.0637. The van der Waals surface area contributed by atoms with E-state index < -0.39 is 0 Å². The zero-order valence-corrected chi connectivity index (χ0v) is 13.6. The monoisotopic (exact) mass is 292 g/mol. The van der Waals surface area contributed by atoms with Crippen molar-refractivity contribution in [1.29, 1.82) is 0 Å². The molecule has 2 atom stereocenters. The van der Waals surface area contributed by atoms with Gasteiger partial charge in [0.15, 0.2) is 0 Å². The molecule has 1 N–H and O–H groups in total. The lowest BCUT2D eigenvalue weighted by molar-refractivity contribution is 0.233. The molecule has 1 aliphatic heterocycles. The smallest absolute Gasteiger partial charge is 0.318 e. The van der Waals surface area contributed by atoms with Crippen LogP contribution in [0, 0.1) is 5.92 Å². The molecule has 0 radical (unpaired) electrons. The molecule has 118 valence electrons. The van der Waals surface area contributed by atoms with Crippen LogP contribution in [0.5, 0.6) is 0 Å². The molecule has 2 aliphatic rings. The van der Waals surface area contributed by atoms with Gasteiger partial charge in [-0.3, -0.25) is 0 Å². The van der Waals surface area contributed by atoms with Gasteiger partial charge in [-0.25, -0.2) is 0 Å². The zero-order chi connectivity index (χ0) is 14.9. The van der Waals surface area contributed by atoms with Gasteiger partial charge in [-0.2, -0.15) is 0 Å². The molecule has 1 aromatic heterocycles. The minimum atomic E-state index is 0.0637. The van der Waals surface area contributed by atoms with E-state index in [0.717, 1.165) is 18.5 Å². The van der Waals surface area contributed by atoms with E-state index >= 15 is 0 Å². The van der Waals surface area contributed by atoms with Crippen LogP contribution in [0.15, 0.2) is 4.42 Å². The molecule has 21 heavy (non-hydrogen) atoms. The topological polar surface area (TPSA) is 54.2 Å². The van der Waals surface area contributed by atoms with E-state index in [9.17, 15) is 0 Å². The molecule has 2 heterocycles. The predicted octanol–water partition coefficient (Wildman–Crippen LogP) is 3.12. The van der Waals surface area contributed by atoms with Crippen LogP contribution >= 0.6 is 0 Å². The average Bonchev–Trinajstić information content (AvgIpc) is 2.92. The molecule has 1 aromatic rings. The fourth-order valence-corrected chi connectivity index (χ4v) is 3.64. The maximum Gasteiger partial charge on any atom is 0.318 e. The highest BCUT2D eigenvalue weighted by molar-refractivity contribution is 5.28. The van der Waals surface area contributed by atoms with Gasteiger partial charge in [-0.15, -0.1) is 5.10 Å². The molecule has 0 amide bonds. The number of piperidine rings is 1. The number of anilines is 1. The lowest BCUT2D eigenvalue weighted by Gasteiger charge is -2.43. The van der Waals surface area contributed by atoms with Crippen molar-refractivity contribution in [3.63, 3.8) is 0 Å². The number of aromatic nitrogens is 2. The summed E-state index contributed by atoms with van der Waals surface area (Å²) in [6, 6.07) is 1.36. The molecule has 1 saturated heterocycles. The standard InChI is InChI=1S/C16H28N4O/c1-16(2,3)17-11-14-18-19-15(21-14)20-10-6-8-12-7-4-5-9-13(12)20/h12-13,17H,4-11H2,1-3H3/t12-,13-/m1/s1. The highest BCUT2D eigenvalue weighted by Crippen LogP contribution is 2.37. The maximum absolute atomic E-state index is 5.91. The van der Waals surface area contributed by atoms with Gasteiger partial charge in [0.1, 0.15) is 0 Å². The first-order valence-corrected chi connectivity index (χ1v) is 8.37. The first-order chi connectivity index (χ1) is 10.0. The Kier molecular flexibility index (Phi) is 4.20. The second kappa shape index (κ2) is 5.95. The SMILES string of the molecule is CC(C)(C)NCc1nnc(N2CCC[C@H]3CCCC[C@H]32)o1. The fourth-order valence-electron chi connectivity index (χ4n) is 3.64. The molecule has 0 spiro atoms. The number of nitrogens with zero attached hydrogens (tertiary/aromatic N) is 3. The Bertz CT molecular complexity index is 463. The summed E-state index contributed by atoms with van der Waals surface area (Å²) in [6.45, 7) is 8.12. The van der Waals surface area contributed by atoms with Crippen LogP contribution in [0.25, 0.3) is 0 Å². The lowest BCUT2D eigenvalue weighted by atomic mass is 9.78. The van der Waals surface area contributed by atoms with Crippen molar-refractivity contribution in [2.75, 3.05) is 11.4 Å². The van der Waals surface area contributed by atoms with Gasteiger partial charge >= 0.3 is 6.01 Å². The van der Waals surface area contributed by atoms with Gasteiger partial charge in [0.2, 0.25) is 5.89 Å². The second-order valence-corrected chi connectivity index (χ2v) is 7.53. The normalized spacial score (nSPS) is 26.7. The van der Waals surface area contributed by atoms with Crippen molar-refractivity contribution in [1.82, 2.24) is 15.5 Å². The van der Waals surface area contributed by atoms with E-state index in [1.807, 2.05) is 0 Å². The molecule has 0 unspecified atom stereocenters. The summed E-state index contributed by atoms with van der Waals surface area (Å²) in [5.41, 5.74) is 0.0637. The summed E-state index contributed by atoms with van der Waals surface area (Å²) in [5, 5.41) is 11.9. The summed E-state index contributed by atoms with van der Waals surface area (Å²) in [5.74, 6) is 1.52. The molecule has 1 saturated carbocycles. The molecular formula is C16H28N4O. The number of nitrogens with one attached hydrogen (secondary N) is 1. The summed E-state index contributed by atoms with van der Waals surface area (Å²) < 4.78 is 5.91. The largest absolute Gasteiger partial charge is 0.407 e. The van der Waals surface area contributed by atoms with Crippen molar-refractivity contribution in [2.45, 2.75) is 77.4 Å². The molecule has 0 aromatic carbocycles. The van der Waals surface area contributed by atoms with Crippen molar-refractivity contribution in [3.8, 4) is 0 Å². The number of fused-ring (bicyclic) bond motifs is 1. The molecule has 0 bridgehead atoms. The summed E-state index contributed by atoms with van der Waals surface area (Å²) in [7, 11) is 0. The second-order valence-electron chi connectivity index (χ2n) is 7.53. The lowest BCUT2D eigenvalue weighted by Crippen LogP contribution is -2.47. The summed E-state index contributed by atoms with van der Waals surface area (Å²) >= 11 is 0. The highest BCUT2D eigenvalue weighted by atomic mass is 16.4. The summed E-state index contributed by atoms with van der Waals surface area (Å²) in [4.78, 5) is 2.38. The van der Waals surface area contributed by atoms with E-state index in [1.165, 1.54) is 38.5 Å². The Hall–Kier alpha value is -1.10. The van der Waals surface area contributed by atoms with Crippen molar-refractivity contribution in [3.05, 3.63) is 5.89 Å². The first kappa shape index (κ1) is 14.8. The van der Waals surface area contributed by atoms with Crippen LogP contribution in [0.4, 0.5) is 6.01 Å². The van der Waals surface area contributed by atoms with Crippen molar-refractivity contribution < 1.29 is 4.42 Å². The number of rotatable bonds is 3. The van der Waals surface area contributed by atoms with E-state index in [2.05, 4.69) is 41.2 Å². The van der Waals surface area contributed by atoms with Gasteiger partial charge in [-0.05, 0) is 52.4 Å². The van der Waals surface area contributed by atoms with E-state index in [-0.39, 0.29) is 5.54 Å². The molecule has 2 fully saturated rings. The van der Waals surface area contributed by atoms with E-state index in [4.69, 9.17) is 4.42 Å². The first-order valence-electron chi connectivity index (χ1n) is 8.37. The Morgan fingerprint density at radius 2 is 1.90 bits per heavy atom. The Morgan fingerprint density at radius 1 is 1.14 bits per heavy atom. The highest BCUT2D eigenvalue weighted by Gasteiger charge is 2.35. The average molecular weight is 292 g/mol. The molecule has 5 heteroatoms.